The van der Waals surface area contributed by atoms with Crippen molar-refractivity contribution < 1.29 is 13.2 Å². The van der Waals surface area contributed by atoms with E-state index in [9.17, 15) is 9.00 Å². The molecule has 0 aliphatic heterocycles. The summed E-state index contributed by atoms with van der Waals surface area (Å²) in [6.07, 6.45) is 5.37. The van der Waals surface area contributed by atoms with Crippen LogP contribution in [0.3, 0.4) is 0 Å². The van der Waals surface area contributed by atoms with Crippen LogP contribution in [0, 0.1) is 0 Å². The number of rotatable bonds is 7. The van der Waals surface area contributed by atoms with Gasteiger partial charge in [0.1, 0.15) is 0 Å². The molecule has 0 bridgehead atoms. The summed E-state index contributed by atoms with van der Waals surface area (Å²) in [5.74, 6) is 0. The molecule has 0 rings (SSSR count). The van der Waals surface area contributed by atoms with Gasteiger partial charge in [0, 0.05) is 0 Å². The molecule has 1 atom stereocenters. The van der Waals surface area contributed by atoms with Crippen LogP contribution in [0.25, 0.3) is 0 Å². The van der Waals surface area contributed by atoms with E-state index in [0.717, 1.165) is 25.7 Å². The molecule has 0 aromatic rings. The van der Waals surface area contributed by atoms with E-state index in [0.29, 0.717) is 6.61 Å². The van der Waals surface area contributed by atoms with Gasteiger partial charge in [0.05, 0.1) is 6.61 Å². The minimum atomic E-state index is -1.82. The normalized spacial score (nSPS) is 12.1. The molecule has 0 aliphatic carbocycles. The molecule has 0 heterocycles. The van der Waals surface area contributed by atoms with Crippen molar-refractivity contribution in [3.63, 3.8) is 0 Å². The molecule has 0 saturated heterocycles. The molecule has 0 radical (unpaired) electrons. The van der Waals surface area contributed by atoms with Crippen LogP contribution < -0.4 is 0 Å². The first-order chi connectivity index (χ1) is 5.81. The summed E-state index contributed by atoms with van der Waals surface area (Å²) in [5.41, 5.74) is 0. The Hall–Kier alpha value is -0.510. The average molecular weight is 191 g/mol. The second-order valence-electron chi connectivity index (χ2n) is 2.28. The molecule has 0 spiro atoms. The first-order valence-corrected chi connectivity index (χ1v) is 4.97. The Balaban J connectivity index is 3.19. The van der Waals surface area contributed by atoms with E-state index in [2.05, 4.69) is 15.5 Å². The fourth-order valence-electron chi connectivity index (χ4n) is 0.716. The fraction of sp³-hybridized carbons (Fsp3) is 0.857. The first-order valence-electron chi connectivity index (χ1n) is 3.94. The summed E-state index contributed by atoms with van der Waals surface area (Å²) < 4.78 is 18.1. The van der Waals surface area contributed by atoms with Crippen LogP contribution in [-0.2, 0) is 20.2 Å². The summed E-state index contributed by atoms with van der Waals surface area (Å²) in [4.78, 5) is 9.59. The lowest BCUT2D eigenvalue weighted by atomic mass is 10.2. The highest BCUT2D eigenvalue weighted by Gasteiger charge is 1.95. The Morgan fingerprint density at radius 2 is 2.17 bits per heavy atom. The zero-order valence-electron chi connectivity index (χ0n) is 7.12. The minimum Gasteiger partial charge on any atom is -0.272 e. The van der Waals surface area contributed by atoms with Crippen molar-refractivity contribution >= 4 is 17.3 Å². The Kier molecular flexibility index (Phi) is 8.22. The third-order valence-electron chi connectivity index (χ3n) is 1.29. The quantitative estimate of drug-likeness (QED) is 0.348. The number of carbonyl (C=O) groups excluding carboxylic acids is 1. The molecule has 0 aromatic carbocycles. The topological polar surface area (TPSA) is 55.7 Å². The second kappa shape index (κ2) is 8.59. The van der Waals surface area contributed by atoms with Crippen molar-refractivity contribution in [2.75, 3.05) is 6.61 Å². The van der Waals surface area contributed by atoms with E-state index in [4.69, 9.17) is 0 Å². The minimum absolute atomic E-state index is 0.387. The van der Waals surface area contributed by atoms with E-state index in [1.807, 2.05) is 0 Å². The molecular weight excluding hydrogens is 178 g/mol. The molecule has 4 nitrogen and oxygen atoms in total. The van der Waals surface area contributed by atoms with Gasteiger partial charge in [-0.05, 0) is 6.42 Å². The lowest BCUT2D eigenvalue weighted by Crippen LogP contribution is -1.95. The highest BCUT2D eigenvalue weighted by molar-refractivity contribution is 7.78. The van der Waals surface area contributed by atoms with Gasteiger partial charge in [0.25, 0.3) is 17.3 Å². The molecule has 0 aliphatic rings. The Labute approximate surface area is 74.8 Å². The van der Waals surface area contributed by atoms with Crippen LogP contribution in [0.5, 0.6) is 0 Å². The van der Waals surface area contributed by atoms with Gasteiger partial charge in [-0.2, -0.15) is 0 Å². The molecule has 0 saturated carbocycles. The smallest absolute Gasteiger partial charge is 0.272 e. The van der Waals surface area contributed by atoms with Gasteiger partial charge in [0.15, 0.2) is 0 Å². The van der Waals surface area contributed by atoms with Crippen LogP contribution in [0.2, 0.25) is 0 Å². The Morgan fingerprint density at radius 1 is 1.42 bits per heavy atom. The Morgan fingerprint density at radius 3 is 2.75 bits per heavy atom. The highest BCUT2D eigenvalue weighted by atomic mass is 32.2. The second-order valence-corrected chi connectivity index (χ2v) is 3.13. The predicted octanol–water partition coefficient (Wildman–Crippen LogP) is 1.50. The van der Waals surface area contributed by atoms with E-state index in [1.165, 1.54) is 6.08 Å². The van der Waals surface area contributed by atoms with Crippen LogP contribution in [0.15, 0.2) is 4.40 Å². The average Bonchev–Trinajstić information content (AvgIpc) is 2.05. The maximum absolute atomic E-state index is 10.5. The molecule has 0 N–H and O–H groups in total. The molecule has 70 valence electrons. The number of hydrogen-bond acceptors (Lipinski definition) is 3. The standard InChI is InChI=1S/C7H13NO3S/c1-2-3-4-5-6-11-12(10)8-7-9/h2-6H2,1H3. The summed E-state index contributed by atoms with van der Waals surface area (Å²) >= 11 is -1.82. The van der Waals surface area contributed by atoms with E-state index < -0.39 is 11.3 Å². The van der Waals surface area contributed by atoms with Crippen LogP contribution in [-0.4, -0.2) is 16.9 Å². The van der Waals surface area contributed by atoms with E-state index in [-0.39, 0.29) is 0 Å². The summed E-state index contributed by atoms with van der Waals surface area (Å²) in [6.45, 7) is 2.49. The number of hydrogen-bond donors (Lipinski definition) is 0. The fourth-order valence-corrected chi connectivity index (χ4v) is 1.09. The molecule has 12 heavy (non-hydrogen) atoms. The molecular formula is C7H13NO3S. The Bertz CT molecular complexity index is 177. The van der Waals surface area contributed by atoms with Gasteiger partial charge in [-0.1, -0.05) is 30.6 Å². The highest BCUT2D eigenvalue weighted by Crippen LogP contribution is 1.99. The number of unbranched alkanes of at least 4 members (excludes halogenated alkanes) is 3. The van der Waals surface area contributed by atoms with Gasteiger partial charge in [0.2, 0.25) is 0 Å². The number of nitrogens with zero attached hydrogens (tertiary/aromatic N) is 1. The zero-order chi connectivity index (χ0) is 9.23. The maximum atomic E-state index is 10.5. The molecule has 0 fully saturated rings. The third-order valence-corrected chi connectivity index (χ3v) is 1.89. The van der Waals surface area contributed by atoms with Gasteiger partial charge in [-0.15, -0.1) is 0 Å². The summed E-state index contributed by atoms with van der Waals surface area (Å²) in [5, 5.41) is 0. The third kappa shape index (κ3) is 7.60. The van der Waals surface area contributed by atoms with Crippen molar-refractivity contribution in [3.05, 3.63) is 0 Å². The summed E-state index contributed by atoms with van der Waals surface area (Å²) in [6, 6.07) is 0. The SMILES string of the molecule is CCCCCCOS(=O)N=C=O. The van der Waals surface area contributed by atoms with Crippen LogP contribution in [0.1, 0.15) is 32.6 Å². The monoisotopic (exact) mass is 191 g/mol. The molecule has 5 heteroatoms. The maximum Gasteiger partial charge on any atom is 0.295 e. The molecule has 0 amide bonds. The van der Waals surface area contributed by atoms with Gasteiger partial charge < -0.3 is 0 Å². The molecule has 0 aromatic heterocycles. The van der Waals surface area contributed by atoms with Crippen molar-refractivity contribution in [2.24, 2.45) is 4.40 Å². The van der Waals surface area contributed by atoms with Crippen molar-refractivity contribution in [1.29, 1.82) is 0 Å². The van der Waals surface area contributed by atoms with Crippen molar-refractivity contribution in [1.82, 2.24) is 0 Å². The summed E-state index contributed by atoms with van der Waals surface area (Å²) in [7, 11) is 0. The predicted molar refractivity (Wildman–Crippen MR) is 46.4 cm³/mol. The van der Waals surface area contributed by atoms with Gasteiger partial charge in [-0.3, -0.25) is 4.18 Å². The first kappa shape index (κ1) is 11.5. The number of isocyanates is 1. The van der Waals surface area contributed by atoms with Gasteiger partial charge >= 0.3 is 0 Å². The zero-order valence-corrected chi connectivity index (χ0v) is 7.93. The molecule has 1 unspecified atom stereocenters. The van der Waals surface area contributed by atoms with Gasteiger partial charge in [-0.25, -0.2) is 9.00 Å². The van der Waals surface area contributed by atoms with E-state index >= 15 is 0 Å². The van der Waals surface area contributed by atoms with Crippen LogP contribution in [0.4, 0.5) is 0 Å². The van der Waals surface area contributed by atoms with E-state index in [1.54, 1.807) is 0 Å². The van der Waals surface area contributed by atoms with Crippen LogP contribution >= 0.6 is 0 Å². The lowest BCUT2D eigenvalue weighted by molar-refractivity contribution is 0.333. The largest absolute Gasteiger partial charge is 0.295 e. The van der Waals surface area contributed by atoms with Crippen molar-refractivity contribution in [2.45, 2.75) is 32.6 Å². The lowest BCUT2D eigenvalue weighted by Gasteiger charge is -1.97. The van der Waals surface area contributed by atoms with Crippen molar-refractivity contribution in [3.8, 4) is 0 Å².